The van der Waals surface area contributed by atoms with Gasteiger partial charge in [-0.2, -0.15) is 0 Å². The van der Waals surface area contributed by atoms with E-state index in [1.165, 1.54) is 109 Å². The Kier molecular flexibility index (Phi) is 10.4. The minimum absolute atomic E-state index is 0.00443. The lowest BCUT2D eigenvalue weighted by atomic mass is 9.35. The van der Waals surface area contributed by atoms with Crippen molar-refractivity contribution in [1.29, 1.82) is 0 Å². The monoisotopic (exact) mass is 957 g/mol. The van der Waals surface area contributed by atoms with E-state index >= 15 is 0 Å². The Balaban J connectivity index is 1.26. The molecule has 10 aromatic rings. The Morgan fingerprint density at radius 3 is 1.53 bits per heavy atom. The molecule has 0 radical (unpaired) electrons. The Morgan fingerprint density at radius 2 is 0.972 bits per heavy atom. The predicted octanol–water partition coefficient (Wildman–Crippen LogP) is 16.9. The van der Waals surface area contributed by atoms with Gasteiger partial charge in [-0.15, -0.1) is 11.3 Å². The third-order valence-electron chi connectivity index (χ3n) is 15.6. The molecule has 0 fully saturated rings. The van der Waals surface area contributed by atoms with Crippen molar-refractivity contribution in [1.82, 2.24) is 4.57 Å². The highest BCUT2D eigenvalue weighted by molar-refractivity contribution is 7.34. The highest BCUT2D eigenvalue weighted by atomic mass is 32.1. The maximum absolute atomic E-state index is 2.63. The molecule has 4 heterocycles. The summed E-state index contributed by atoms with van der Waals surface area (Å²) in [6, 6.07) is 60.9. The fraction of sp³-hybridized carbons (Fsp3) is 0.242. The van der Waals surface area contributed by atoms with Crippen LogP contribution in [0, 0.1) is 20.8 Å². The third-order valence-corrected chi connectivity index (χ3v) is 16.8. The average Bonchev–Trinajstić information content (AvgIpc) is 3.87. The Bertz CT molecular complexity index is 3740. The molecule has 0 amide bonds. The van der Waals surface area contributed by atoms with Crippen LogP contribution in [0.4, 0.5) is 51.2 Å². The van der Waals surface area contributed by atoms with E-state index in [1.54, 1.807) is 0 Å². The van der Waals surface area contributed by atoms with E-state index in [2.05, 4.69) is 267 Å². The molecular formula is C66H65BN4S. The van der Waals surface area contributed by atoms with E-state index in [-0.39, 0.29) is 23.0 Å². The molecule has 0 aliphatic carbocycles. The van der Waals surface area contributed by atoms with Gasteiger partial charge in [0.25, 0.3) is 6.71 Å². The van der Waals surface area contributed by atoms with Crippen LogP contribution < -0.4 is 30.4 Å². The summed E-state index contributed by atoms with van der Waals surface area (Å²) >= 11 is 1.98. The number of rotatable bonds is 5. The first-order valence-electron chi connectivity index (χ1n) is 25.8. The smallest absolute Gasteiger partial charge is 0.267 e. The molecule has 0 saturated carbocycles. The molecule has 72 heavy (non-hydrogen) atoms. The molecule has 2 aliphatic heterocycles. The van der Waals surface area contributed by atoms with Crippen molar-refractivity contribution in [2.75, 3.05) is 14.7 Å². The highest BCUT2D eigenvalue weighted by Crippen LogP contribution is 2.52. The van der Waals surface area contributed by atoms with Crippen molar-refractivity contribution in [3.8, 4) is 0 Å². The number of hydrogen-bond acceptors (Lipinski definition) is 4. The van der Waals surface area contributed by atoms with E-state index < -0.39 is 0 Å². The van der Waals surface area contributed by atoms with Gasteiger partial charge in [0.15, 0.2) is 0 Å². The van der Waals surface area contributed by atoms with Crippen LogP contribution in [0.2, 0.25) is 0 Å². The zero-order valence-electron chi connectivity index (χ0n) is 44.3. The minimum Gasteiger partial charge on any atom is -0.344 e. The molecule has 12 rings (SSSR count). The SMILES string of the molecule is Cc1ccc(N(c2ccc(C)cc2)c2cc3c(c4c2c2ccccc2n4C)B2c4sc5ccc(C(C)(C)C)cc5c4N(c4ccc(C(C)(C)C)cc4)c4cc(C)cc(c42)N3c2ccc(C(C)(C)C)cc2)cc1. The minimum atomic E-state index is -0.0713. The largest absolute Gasteiger partial charge is 0.344 e. The molecule has 2 aromatic heterocycles. The molecule has 0 atom stereocenters. The number of thiophene rings is 1. The number of para-hydroxylation sites is 1. The first kappa shape index (κ1) is 46.1. The zero-order chi connectivity index (χ0) is 50.3. The fourth-order valence-electron chi connectivity index (χ4n) is 11.7. The summed E-state index contributed by atoms with van der Waals surface area (Å²) in [5, 5.41) is 3.81. The van der Waals surface area contributed by atoms with Crippen LogP contribution >= 0.6 is 11.3 Å². The zero-order valence-corrected chi connectivity index (χ0v) is 45.1. The molecule has 0 N–H and O–H groups in total. The van der Waals surface area contributed by atoms with E-state index in [0.717, 1.165) is 22.7 Å². The number of aryl methyl sites for hydroxylation is 4. The Hall–Kier alpha value is -7.02. The maximum Gasteiger partial charge on any atom is 0.267 e. The number of fused-ring (bicyclic) bond motifs is 10. The van der Waals surface area contributed by atoms with Crippen LogP contribution in [0.15, 0.2) is 158 Å². The molecule has 0 saturated heterocycles. The summed E-state index contributed by atoms with van der Waals surface area (Å²) in [5.41, 5.74) is 23.6. The summed E-state index contributed by atoms with van der Waals surface area (Å²) in [4.78, 5) is 7.75. The average molecular weight is 957 g/mol. The van der Waals surface area contributed by atoms with Gasteiger partial charge in [-0.05, 0) is 155 Å². The van der Waals surface area contributed by atoms with Gasteiger partial charge >= 0.3 is 0 Å². The summed E-state index contributed by atoms with van der Waals surface area (Å²) in [5.74, 6) is 0. The number of hydrogen-bond donors (Lipinski definition) is 0. The molecule has 0 bridgehead atoms. The van der Waals surface area contributed by atoms with Gasteiger partial charge in [-0.3, -0.25) is 0 Å². The lowest BCUT2D eigenvalue weighted by molar-refractivity contribution is 0.590. The van der Waals surface area contributed by atoms with Crippen molar-refractivity contribution in [3.05, 3.63) is 191 Å². The van der Waals surface area contributed by atoms with Crippen LogP contribution in [0.3, 0.4) is 0 Å². The molecule has 8 aromatic carbocycles. The van der Waals surface area contributed by atoms with Gasteiger partial charge in [0.05, 0.1) is 11.4 Å². The lowest BCUT2D eigenvalue weighted by Crippen LogP contribution is -2.61. The number of benzene rings is 8. The van der Waals surface area contributed by atoms with Gasteiger partial charge in [0.2, 0.25) is 0 Å². The number of aromatic nitrogens is 1. The normalized spacial score (nSPS) is 13.5. The first-order chi connectivity index (χ1) is 34.3. The predicted molar refractivity (Wildman–Crippen MR) is 315 cm³/mol. The maximum atomic E-state index is 2.63. The summed E-state index contributed by atoms with van der Waals surface area (Å²) in [7, 11) is 2.30. The second-order valence-electron chi connectivity index (χ2n) is 23.8. The highest BCUT2D eigenvalue weighted by Gasteiger charge is 2.47. The van der Waals surface area contributed by atoms with Gasteiger partial charge < -0.3 is 19.3 Å². The second-order valence-corrected chi connectivity index (χ2v) is 24.9. The molecule has 2 aliphatic rings. The van der Waals surface area contributed by atoms with E-state index in [0.29, 0.717) is 0 Å². The standard InChI is InChI=1S/C66H65BN4S/c1-40-18-27-46(28-19-40)69(47-29-20-41(2)21-30-47)53-39-56-60(62-58(53)50-16-14-15-17-52(50)68(62)13)67-59-54(70(56)48-31-22-43(23-32-48)64(4,5)6)36-42(3)37-55(59)71(49-33-24-44(25-34-49)65(7,8)9)61-51-38-45(66(10,11)12)26-35-57(51)72-63(61)67/h14-39H,1-13H3. The van der Waals surface area contributed by atoms with Crippen molar-refractivity contribution in [2.24, 2.45) is 7.05 Å². The summed E-state index contributed by atoms with van der Waals surface area (Å²) in [6.07, 6.45) is 0. The first-order valence-corrected chi connectivity index (χ1v) is 26.6. The van der Waals surface area contributed by atoms with Crippen molar-refractivity contribution in [3.63, 3.8) is 0 Å². The van der Waals surface area contributed by atoms with Gasteiger partial charge in [-0.1, -0.05) is 146 Å². The molecule has 358 valence electrons. The van der Waals surface area contributed by atoms with E-state index in [4.69, 9.17) is 0 Å². The van der Waals surface area contributed by atoms with Gasteiger partial charge in [-0.25, -0.2) is 0 Å². The Labute approximate surface area is 431 Å². The van der Waals surface area contributed by atoms with E-state index in [1.807, 2.05) is 11.3 Å². The van der Waals surface area contributed by atoms with Crippen LogP contribution in [0.5, 0.6) is 0 Å². The van der Waals surface area contributed by atoms with Crippen LogP contribution in [-0.2, 0) is 23.3 Å². The van der Waals surface area contributed by atoms with Crippen molar-refractivity contribution < 1.29 is 0 Å². The third kappa shape index (κ3) is 7.23. The van der Waals surface area contributed by atoms with Crippen LogP contribution in [0.1, 0.15) is 95.7 Å². The van der Waals surface area contributed by atoms with Crippen LogP contribution in [0.25, 0.3) is 31.9 Å². The molecular weight excluding hydrogens is 892 g/mol. The summed E-state index contributed by atoms with van der Waals surface area (Å²) < 4.78 is 5.20. The number of anilines is 9. The molecule has 0 spiro atoms. The summed E-state index contributed by atoms with van der Waals surface area (Å²) in [6.45, 7) is 27.4. The second kappa shape index (κ2) is 16.2. The topological polar surface area (TPSA) is 14.7 Å². The quantitative estimate of drug-likeness (QED) is 0.160. The van der Waals surface area contributed by atoms with Crippen LogP contribution in [-0.4, -0.2) is 11.3 Å². The molecule has 4 nitrogen and oxygen atoms in total. The number of nitrogens with zero attached hydrogens (tertiary/aromatic N) is 4. The molecule has 6 heteroatoms. The van der Waals surface area contributed by atoms with E-state index in [9.17, 15) is 0 Å². The van der Waals surface area contributed by atoms with Gasteiger partial charge in [0, 0.05) is 83.5 Å². The fourth-order valence-corrected chi connectivity index (χ4v) is 13.0. The Morgan fingerprint density at radius 1 is 0.472 bits per heavy atom. The lowest BCUT2D eigenvalue weighted by Gasteiger charge is -2.44. The molecule has 0 unspecified atom stereocenters. The van der Waals surface area contributed by atoms with Gasteiger partial charge in [0.1, 0.15) is 0 Å². The van der Waals surface area contributed by atoms with Crippen molar-refractivity contribution >= 4 is 117 Å². The van der Waals surface area contributed by atoms with Crippen molar-refractivity contribution in [2.45, 2.75) is 99.3 Å².